The van der Waals surface area contributed by atoms with Gasteiger partial charge < -0.3 is 10.1 Å². The minimum atomic E-state index is -0.355. The van der Waals surface area contributed by atoms with Crippen molar-refractivity contribution in [1.29, 1.82) is 0 Å². The predicted molar refractivity (Wildman–Crippen MR) is 151 cm³/mol. The van der Waals surface area contributed by atoms with Crippen molar-refractivity contribution in [3.8, 4) is 11.4 Å². The van der Waals surface area contributed by atoms with Crippen LogP contribution in [0.15, 0.2) is 53.6 Å². The van der Waals surface area contributed by atoms with Crippen molar-refractivity contribution < 1.29 is 14.3 Å². The maximum absolute atomic E-state index is 13.1. The van der Waals surface area contributed by atoms with E-state index in [0.29, 0.717) is 23.0 Å². The molecule has 0 bridgehead atoms. The fourth-order valence-corrected chi connectivity index (χ4v) is 6.77. The molecule has 2 aromatic carbocycles. The number of rotatable bonds is 8. The molecule has 0 unspecified atom stereocenters. The summed E-state index contributed by atoms with van der Waals surface area (Å²) in [5, 5.41) is 5.32. The Bertz CT molecular complexity index is 1450. The van der Waals surface area contributed by atoms with Gasteiger partial charge in [0, 0.05) is 15.8 Å². The van der Waals surface area contributed by atoms with E-state index in [1.165, 1.54) is 28.0 Å². The Morgan fingerprint density at radius 1 is 1.03 bits per heavy atom. The highest BCUT2D eigenvalue weighted by molar-refractivity contribution is 8.00. The SMILES string of the molecule is CCOC(=O)c1c(NC(=O)CSc2nc(-c3ccccc3)nc3c(CC)cccc23)sc2c1CCCC2. The number of nitrogens with one attached hydrogen (secondary N) is 1. The van der Waals surface area contributed by atoms with E-state index >= 15 is 0 Å². The van der Waals surface area contributed by atoms with E-state index in [9.17, 15) is 9.59 Å². The van der Waals surface area contributed by atoms with Gasteiger partial charge in [-0.15, -0.1) is 11.3 Å². The van der Waals surface area contributed by atoms with Gasteiger partial charge in [-0.25, -0.2) is 14.8 Å². The van der Waals surface area contributed by atoms with Crippen molar-refractivity contribution in [2.24, 2.45) is 0 Å². The third-order valence-electron chi connectivity index (χ3n) is 6.43. The quantitative estimate of drug-likeness (QED) is 0.155. The van der Waals surface area contributed by atoms with Crippen molar-refractivity contribution in [1.82, 2.24) is 9.97 Å². The first kappa shape index (κ1) is 25.4. The summed E-state index contributed by atoms with van der Waals surface area (Å²) in [7, 11) is 0. The average Bonchev–Trinajstić information content (AvgIpc) is 3.29. The van der Waals surface area contributed by atoms with Crippen molar-refractivity contribution in [3.63, 3.8) is 0 Å². The van der Waals surface area contributed by atoms with Crippen molar-refractivity contribution in [2.45, 2.75) is 51.0 Å². The molecule has 4 aromatic rings. The Morgan fingerprint density at radius 2 is 1.84 bits per heavy atom. The molecule has 190 valence electrons. The van der Waals surface area contributed by atoms with Crippen LogP contribution in [0.25, 0.3) is 22.3 Å². The molecule has 2 aromatic heterocycles. The van der Waals surface area contributed by atoms with Gasteiger partial charge in [0.05, 0.1) is 23.4 Å². The number of benzene rings is 2. The number of hydrogen-bond acceptors (Lipinski definition) is 7. The zero-order valence-electron chi connectivity index (χ0n) is 21.0. The highest BCUT2D eigenvalue weighted by Gasteiger charge is 2.27. The Kier molecular flexibility index (Phi) is 7.86. The van der Waals surface area contributed by atoms with Crippen LogP contribution < -0.4 is 5.32 Å². The van der Waals surface area contributed by atoms with Gasteiger partial charge in [0.1, 0.15) is 10.0 Å². The van der Waals surface area contributed by atoms with E-state index in [-0.39, 0.29) is 17.6 Å². The molecular formula is C29H29N3O3S2. The number of thioether (sulfide) groups is 1. The van der Waals surface area contributed by atoms with E-state index in [0.717, 1.165) is 64.7 Å². The smallest absolute Gasteiger partial charge is 0.341 e. The number of anilines is 1. The van der Waals surface area contributed by atoms with E-state index < -0.39 is 0 Å². The number of aryl methyl sites for hydroxylation is 2. The maximum Gasteiger partial charge on any atom is 0.341 e. The first-order chi connectivity index (χ1) is 18.1. The second-order valence-electron chi connectivity index (χ2n) is 8.86. The van der Waals surface area contributed by atoms with Crippen LogP contribution in [0, 0.1) is 0 Å². The van der Waals surface area contributed by atoms with Crippen LogP contribution in [0.4, 0.5) is 5.00 Å². The predicted octanol–water partition coefficient (Wildman–Crippen LogP) is 6.71. The van der Waals surface area contributed by atoms with Gasteiger partial charge in [-0.2, -0.15) is 0 Å². The number of ether oxygens (including phenoxy) is 1. The highest BCUT2D eigenvalue weighted by atomic mass is 32.2. The Balaban J connectivity index is 1.42. The monoisotopic (exact) mass is 531 g/mol. The molecule has 0 saturated carbocycles. The van der Waals surface area contributed by atoms with Crippen LogP contribution in [-0.4, -0.2) is 34.2 Å². The molecule has 0 saturated heterocycles. The second kappa shape index (κ2) is 11.4. The minimum absolute atomic E-state index is 0.168. The lowest BCUT2D eigenvalue weighted by Gasteiger charge is -2.12. The van der Waals surface area contributed by atoms with Gasteiger partial charge in [0.25, 0.3) is 0 Å². The van der Waals surface area contributed by atoms with Crippen LogP contribution in [0.2, 0.25) is 0 Å². The lowest BCUT2D eigenvalue weighted by atomic mass is 9.95. The van der Waals surface area contributed by atoms with Gasteiger partial charge in [-0.3, -0.25) is 4.79 Å². The molecule has 6 nitrogen and oxygen atoms in total. The van der Waals surface area contributed by atoms with Crippen molar-refractivity contribution >= 4 is 50.9 Å². The number of fused-ring (bicyclic) bond motifs is 2. The second-order valence-corrected chi connectivity index (χ2v) is 10.9. The lowest BCUT2D eigenvalue weighted by Crippen LogP contribution is -2.17. The van der Waals surface area contributed by atoms with E-state index in [2.05, 4.69) is 18.3 Å². The third-order valence-corrected chi connectivity index (χ3v) is 8.63. The zero-order valence-corrected chi connectivity index (χ0v) is 22.6. The zero-order chi connectivity index (χ0) is 25.8. The van der Waals surface area contributed by atoms with Crippen LogP contribution in [-0.2, 0) is 28.8 Å². The van der Waals surface area contributed by atoms with Crippen molar-refractivity contribution in [3.05, 3.63) is 70.1 Å². The van der Waals surface area contributed by atoms with E-state index in [4.69, 9.17) is 14.7 Å². The Labute approximate surface area is 224 Å². The molecule has 0 radical (unpaired) electrons. The number of para-hydroxylation sites is 1. The number of carbonyl (C=O) groups is 2. The number of amides is 1. The van der Waals surface area contributed by atoms with Crippen LogP contribution in [0.1, 0.15) is 53.1 Å². The van der Waals surface area contributed by atoms with Gasteiger partial charge in [-0.1, -0.05) is 67.2 Å². The summed E-state index contributed by atoms with van der Waals surface area (Å²) in [5.74, 6) is 0.286. The molecular weight excluding hydrogens is 502 g/mol. The van der Waals surface area contributed by atoms with Crippen LogP contribution >= 0.6 is 23.1 Å². The summed E-state index contributed by atoms with van der Waals surface area (Å²) in [6.07, 6.45) is 4.78. The van der Waals surface area contributed by atoms with E-state index in [1.807, 2.05) is 42.5 Å². The first-order valence-electron chi connectivity index (χ1n) is 12.7. The molecule has 37 heavy (non-hydrogen) atoms. The summed E-state index contributed by atoms with van der Waals surface area (Å²) < 4.78 is 5.32. The minimum Gasteiger partial charge on any atom is -0.462 e. The van der Waals surface area contributed by atoms with Gasteiger partial charge in [0.15, 0.2) is 5.82 Å². The molecule has 5 rings (SSSR count). The van der Waals surface area contributed by atoms with Gasteiger partial charge in [0.2, 0.25) is 5.91 Å². The summed E-state index contributed by atoms with van der Waals surface area (Å²) >= 11 is 2.90. The molecule has 0 aliphatic heterocycles. The first-order valence-corrected chi connectivity index (χ1v) is 14.5. The molecule has 8 heteroatoms. The summed E-state index contributed by atoms with van der Waals surface area (Å²) in [5.41, 5.74) is 4.57. The van der Waals surface area contributed by atoms with Crippen molar-refractivity contribution in [2.75, 3.05) is 17.7 Å². The normalized spacial score (nSPS) is 12.8. The lowest BCUT2D eigenvalue weighted by molar-refractivity contribution is -0.113. The van der Waals surface area contributed by atoms with Gasteiger partial charge >= 0.3 is 5.97 Å². The molecule has 0 atom stereocenters. The summed E-state index contributed by atoms with van der Waals surface area (Å²) in [6.45, 7) is 4.21. The Hall–Kier alpha value is -3.23. The molecule has 1 amide bonds. The summed E-state index contributed by atoms with van der Waals surface area (Å²) in [6, 6.07) is 16.0. The van der Waals surface area contributed by atoms with Crippen LogP contribution in [0.5, 0.6) is 0 Å². The molecule has 0 spiro atoms. The number of hydrogen-bond donors (Lipinski definition) is 1. The topological polar surface area (TPSA) is 81.2 Å². The third kappa shape index (κ3) is 5.40. The standard InChI is InChI=1S/C29H29N3O3S2/c1-3-18-13-10-15-21-25(18)31-26(19-11-6-5-7-12-19)32-27(21)36-17-23(33)30-28-24(29(34)35-4-2)20-14-8-9-16-22(20)37-28/h5-7,10-13,15H,3-4,8-9,14,16-17H2,1-2H3,(H,30,33). The Morgan fingerprint density at radius 3 is 2.62 bits per heavy atom. The average molecular weight is 532 g/mol. The summed E-state index contributed by atoms with van der Waals surface area (Å²) in [4.78, 5) is 36.8. The number of nitrogens with zero attached hydrogens (tertiary/aromatic N) is 2. The largest absolute Gasteiger partial charge is 0.462 e. The van der Waals surface area contributed by atoms with E-state index in [1.54, 1.807) is 6.92 Å². The fourth-order valence-electron chi connectivity index (χ4n) is 4.66. The number of carbonyl (C=O) groups excluding carboxylic acids is 2. The fraction of sp³-hybridized carbons (Fsp3) is 0.310. The number of esters is 1. The maximum atomic E-state index is 13.1. The number of aromatic nitrogens is 2. The van der Waals surface area contributed by atoms with Gasteiger partial charge in [-0.05, 0) is 50.2 Å². The number of thiophene rings is 1. The molecule has 1 aliphatic rings. The molecule has 2 heterocycles. The van der Waals surface area contributed by atoms with Crippen LogP contribution in [0.3, 0.4) is 0 Å². The highest BCUT2D eigenvalue weighted by Crippen LogP contribution is 2.39. The molecule has 1 N–H and O–H groups in total. The molecule has 1 aliphatic carbocycles. The molecule has 0 fully saturated rings.